The Kier molecular flexibility index (Phi) is 3.76. The van der Waals surface area contributed by atoms with E-state index in [9.17, 15) is 0 Å². The van der Waals surface area contributed by atoms with E-state index < -0.39 is 7.12 Å². The number of pyridine rings is 3. The lowest BCUT2D eigenvalue weighted by atomic mass is 9.92. The second-order valence-electron chi connectivity index (χ2n) is 8.22. The average Bonchev–Trinajstić information content (AvgIpc) is 3.45. The minimum Gasteiger partial charge on any atom is -0.325 e. The molecule has 0 spiro atoms. The summed E-state index contributed by atoms with van der Waals surface area (Å²) in [5.74, 6) is 2.62. The molecule has 34 heavy (non-hydrogen) atoms. The van der Waals surface area contributed by atoms with Crippen molar-refractivity contribution in [2.24, 2.45) is 17.0 Å². The molecule has 0 atom stereocenters. The molecule has 0 saturated carbocycles. The number of halogens is 1. The van der Waals surface area contributed by atoms with Gasteiger partial charge in [-0.3, -0.25) is 15.0 Å². The highest BCUT2D eigenvalue weighted by atomic mass is 19.1. The molecule has 7 heterocycles. The van der Waals surface area contributed by atoms with Crippen LogP contribution in [-0.2, 0) is 7.05 Å². The van der Waals surface area contributed by atoms with E-state index in [4.69, 9.17) is 9.98 Å². The van der Waals surface area contributed by atoms with Crippen molar-refractivity contribution in [1.82, 2.24) is 29.0 Å². The highest BCUT2D eigenvalue weighted by molar-refractivity contribution is 6.47. The van der Waals surface area contributed by atoms with E-state index in [0.29, 0.717) is 44.8 Å². The molecular formula is C23H17BFN9. The van der Waals surface area contributed by atoms with Crippen LogP contribution in [0, 0.1) is 0 Å². The standard InChI is InChI=1S/C23H17BFN9/c1-24(25)34-21-14-8-5-11-28-17(14)23(34)30-18-12-6-3-9-26-15(12)19(29-18)31-20-13-7-4-10-27-16(13)22(32-21)33(20)2/h3-11,29,31H,1-2H3. The lowest BCUT2D eigenvalue weighted by Gasteiger charge is -2.08. The second-order valence-corrected chi connectivity index (χ2v) is 8.22. The Hall–Kier alpha value is -4.54. The molecule has 2 N–H and O–H groups in total. The number of hydrogen-bond acceptors (Lipinski definition) is 6. The van der Waals surface area contributed by atoms with E-state index in [2.05, 4.69) is 25.3 Å². The number of anilines is 2. The van der Waals surface area contributed by atoms with Crippen LogP contribution < -0.4 is 16.3 Å². The number of nitrogens with zero attached hydrogens (tertiary/aromatic N) is 7. The molecule has 6 bridgehead atoms. The van der Waals surface area contributed by atoms with Crippen LogP contribution in [0.25, 0.3) is 32.7 Å². The van der Waals surface area contributed by atoms with Crippen molar-refractivity contribution in [2.75, 3.05) is 5.32 Å². The van der Waals surface area contributed by atoms with Crippen LogP contribution >= 0.6 is 0 Å². The molecule has 9 nitrogen and oxygen atoms in total. The summed E-state index contributed by atoms with van der Waals surface area (Å²) >= 11 is 0. The predicted molar refractivity (Wildman–Crippen MR) is 130 cm³/mol. The normalized spacial score (nSPS) is 12.7. The number of aromatic amines is 1. The van der Waals surface area contributed by atoms with Gasteiger partial charge in [-0.15, -0.1) is 0 Å². The fourth-order valence-electron chi connectivity index (χ4n) is 4.71. The maximum absolute atomic E-state index is 15.2. The van der Waals surface area contributed by atoms with Crippen LogP contribution in [0.4, 0.5) is 27.6 Å². The van der Waals surface area contributed by atoms with Gasteiger partial charge >= 0.3 is 7.12 Å². The molecule has 11 heteroatoms. The second kappa shape index (κ2) is 6.73. The average molecular weight is 449 g/mol. The van der Waals surface area contributed by atoms with Crippen molar-refractivity contribution in [3.63, 3.8) is 0 Å². The Morgan fingerprint density at radius 3 is 2.26 bits per heavy atom. The highest BCUT2D eigenvalue weighted by Gasteiger charge is 2.24. The monoisotopic (exact) mass is 449 g/mol. The Bertz CT molecular complexity index is 1900. The number of rotatable bonds is 1. The maximum Gasteiger partial charge on any atom is 0.464 e. The van der Waals surface area contributed by atoms with Crippen LogP contribution in [0.3, 0.4) is 0 Å². The summed E-state index contributed by atoms with van der Waals surface area (Å²) in [5.41, 5.74) is 2.81. The number of nitrogens with one attached hydrogen (secondary N) is 2. The zero-order chi connectivity index (χ0) is 23.0. The van der Waals surface area contributed by atoms with Gasteiger partial charge in [-0.25, -0.2) is 9.98 Å². The van der Waals surface area contributed by atoms with Crippen molar-refractivity contribution < 1.29 is 4.32 Å². The molecule has 0 unspecified atom stereocenters. The minimum absolute atomic E-state index is 0.384. The topological polar surface area (TPSA) is 101 Å². The molecular weight excluding hydrogens is 432 g/mol. The molecule has 6 aromatic rings. The van der Waals surface area contributed by atoms with Crippen LogP contribution in [0.1, 0.15) is 0 Å². The van der Waals surface area contributed by atoms with Crippen LogP contribution in [-0.4, -0.2) is 36.1 Å². The SMILES string of the molecule is CB(F)n1c2c3cccnc3c1=Nc1[nH]c(c3ncccc13)Nc1c3cccnc3c(n1C)N=2. The van der Waals surface area contributed by atoms with Crippen molar-refractivity contribution >= 4 is 63.1 Å². The van der Waals surface area contributed by atoms with Gasteiger partial charge in [0.05, 0.1) is 0 Å². The Balaban J connectivity index is 1.79. The summed E-state index contributed by atoms with van der Waals surface area (Å²) in [4.78, 5) is 26.9. The summed E-state index contributed by atoms with van der Waals surface area (Å²) in [6.07, 6.45) is 5.13. The third kappa shape index (κ3) is 2.46. The highest BCUT2D eigenvalue weighted by Crippen LogP contribution is 2.38. The number of H-pyrrole nitrogens is 1. The van der Waals surface area contributed by atoms with Crippen LogP contribution in [0.15, 0.2) is 65.0 Å². The number of hydrogen-bond donors (Lipinski definition) is 2. The molecule has 0 fully saturated rings. The van der Waals surface area contributed by atoms with Gasteiger partial charge in [0.1, 0.15) is 39.5 Å². The Morgan fingerprint density at radius 1 is 0.824 bits per heavy atom. The first-order chi connectivity index (χ1) is 16.6. The summed E-state index contributed by atoms with van der Waals surface area (Å²) in [6, 6.07) is 11.4. The number of aromatic nitrogens is 6. The zero-order valence-corrected chi connectivity index (χ0v) is 18.3. The summed E-state index contributed by atoms with van der Waals surface area (Å²) in [7, 11) is 0.511. The van der Waals surface area contributed by atoms with Gasteiger partial charge < -0.3 is 23.7 Å². The zero-order valence-electron chi connectivity index (χ0n) is 18.3. The Morgan fingerprint density at radius 2 is 1.50 bits per heavy atom. The van der Waals surface area contributed by atoms with Crippen molar-refractivity contribution in [3.8, 4) is 0 Å². The fraction of sp³-hybridized carbons (Fsp3) is 0.0870. The third-order valence-electron chi connectivity index (χ3n) is 6.22. The molecule has 0 radical (unpaired) electrons. The van der Waals surface area contributed by atoms with E-state index in [0.717, 1.165) is 22.1 Å². The van der Waals surface area contributed by atoms with E-state index in [1.54, 1.807) is 18.6 Å². The first-order valence-corrected chi connectivity index (χ1v) is 10.9. The molecule has 0 aromatic carbocycles. The third-order valence-corrected chi connectivity index (χ3v) is 6.22. The molecule has 0 amide bonds. The van der Waals surface area contributed by atoms with Crippen molar-refractivity contribution in [3.05, 3.63) is 66.0 Å². The van der Waals surface area contributed by atoms with Gasteiger partial charge in [0.2, 0.25) is 0 Å². The molecule has 0 saturated heterocycles. The summed E-state index contributed by atoms with van der Waals surface area (Å²) in [6.45, 7) is 1.47. The van der Waals surface area contributed by atoms with Crippen molar-refractivity contribution in [1.29, 1.82) is 0 Å². The van der Waals surface area contributed by atoms with Gasteiger partial charge in [0.15, 0.2) is 11.3 Å². The molecule has 7 rings (SSSR count). The van der Waals surface area contributed by atoms with Crippen LogP contribution in [0.2, 0.25) is 6.82 Å². The first kappa shape index (κ1) is 19.0. The summed E-state index contributed by atoms with van der Waals surface area (Å²) in [5, 5.41) is 5.88. The summed E-state index contributed by atoms with van der Waals surface area (Å²) < 4.78 is 18.6. The van der Waals surface area contributed by atoms with Gasteiger partial charge in [-0.2, -0.15) is 0 Å². The first-order valence-electron chi connectivity index (χ1n) is 10.9. The molecule has 164 valence electrons. The molecule has 0 aliphatic carbocycles. The molecule has 1 aliphatic heterocycles. The van der Waals surface area contributed by atoms with Crippen molar-refractivity contribution in [2.45, 2.75) is 6.82 Å². The fourth-order valence-corrected chi connectivity index (χ4v) is 4.71. The van der Waals surface area contributed by atoms with Gasteiger partial charge in [-0.1, -0.05) is 0 Å². The van der Waals surface area contributed by atoms with E-state index in [-0.39, 0.29) is 0 Å². The maximum atomic E-state index is 15.2. The van der Waals surface area contributed by atoms with Gasteiger partial charge in [0.25, 0.3) is 0 Å². The molecule has 6 aromatic heterocycles. The molecule has 1 aliphatic rings. The smallest absolute Gasteiger partial charge is 0.325 e. The van der Waals surface area contributed by atoms with E-state index in [1.807, 2.05) is 48.0 Å². The quantitative estimate of drug-likeness (QED) is 0.374. The predicted octanol–water partition coefficient (Wildman–Crippen LogP) is 3.69. The number of fused-ring (bicyclic) bond motifs is 15. The van der Waals surface area contributed by atoms with Gasteiger partial charge in [0, 0.05) is 41.8 Å². The largest absolute Gasteiger partial charge is 0.464 e. The Labute approximate surface area is 191 Å². The van der Waals surface area contributed by atoms with E-state index >= 15 is 4.32 Å². The minimum atomic E-state index is -1.40. The lowest BCUT2D eigenvalue weighted by molar-refractivity contribution is 0.774. The lowest BCUT2D eigenvalue weighted by Crippen LogP contribution is -2.36. The van der Waals surface area contributed by atoms with E-state index in [1.165, 1.54) is 11.3 Å². The van der Waals surface area contributed by atoms with Gasteiger partial charge in [-0.05, 0) is 43.2 Å². The van der Waals surface area contributed by atoms with Crippen LogP contribution in [0.5, 0.6) is 0 Å².